The third kappa shape index (κ3) is 3.16. The number of aromatic nitrogens is 4. The molecule has 0 spiro atoms. The molecule has 0 saturated carbocycles. The first kappa shape index (κ1) is 16.3. The van der Waals surface area contributed by atoms with Crippen molar-refractivity contribution in [3.8, 4) is 17.1 Å². The minimum absolute atomic E-state index is 0.0177. The summed E-state index contributed by atoms with van der Waals surface area (Å²) in [6.45, 7) is 0.0420. The van der Waals surface area contributed by atoms with Crippen LogP contribution in [0, 0.1) is 5.82 Å². The van der Waals surface area contributed by atoms with Gasteiger partial charge >= 0.3 is 0 Å². The molecule has 26 heavy (non-hydrogen) atoms. The third-order valence-electron chi connectivity index (χ3n) is 3.70. The highest BCUT2D eigenvalue weighted by Gasteiger charge is 2.10. The Morgan fingerprint density at radius 2 is 1.96 bits per heavy atom. The van der Waals surface area contributed by atoms with E-state index >= 15 is 0 Å². The molecule has 0 bridgehead atoms. The monoisotopic (exact) mass is 370 g/mol. The Labute approximate surface area is 151 Å². The summed E-state index contributed by atoms with van der Waals surface area (Å²) in [4.78, 5) is 19.6. The van der Waals surface area contributed by atoms with Crippen molar-refractivity contribution in [2.45, 2.75) is 6.61 Å². The fraction of sp³-hybridized carbons (Fsp3) is 0.0556. The van der Waals surface area contributed by atoms with Crippen LogP contribution in [0.4, 0.5) is 4.39 Å². The molecule has 8 heteroatoms. The lowest BCUT2D eigenvalue weighted by Crippen LogP contribution is -2.16. The fourth-order valence-electron chi connectivity index (χ4n) is 2.45. The first-order valence-electron chi connectivity index (χ1n) is 7.72. The summed E-state index contributed by atoms with van der Waals surface area (Å²) in [5.74, 6) is 0.478. The second-order valence-electron chi connectivity index (χ2n) is 5.53. The number of benzene rings is 2. The summed E-state index contributed by atoms with van der Waals surface area (Å²) in [6.07, 6.45) is 0. The van der Waals surface area contributed by atoms with E-state index < -0.39 is 5.82 Å². The predicted octanol–water partition coefficient (Wildman–Crippen LogP) is 3.46. The van der Waals surface area contributed by atoms with Gasteiger partial charge in [0, 0.05) is 17.7 Å². The maximum Gasteiger partial charge on any atom is 0.276 e. The third-order valence-corrected chi connectivity index (χ3v) is 4.01. The molecule has 2 aromatic heterocycles. The van der Waals surface area contributed by atoms with Gasteiger partial charge in [0.05, 0.1) is 10.7 Å². The molecule has 2 heterocycles. The number of ether oxygens (including phenoxy) is 1. The average Bonchev–Trinajstić information content (AvgIpc) is 3.08. The standard InChI is InChI=1S/C18H12ClFN4O2/c19-14-7-6-13(9-15(14)20)26-10-12-8-16(25)24-18(21-12)22-17(23-24)11-4-2-1-3-5-11/h1-9H,10H2,(H,21,22,23). The van der Waals surface area contributed by atoms with E-state index in [0.29, 0.717) is 23.0 Å². The molecule has 130 valence electrons. The van der Waals surface area contributed by atoms with Crippen molar-refractivity contribution < 1.29 is 9.13 Å². The summed E-state index contributed by atoms with van der Waals surface area (Å²) in [7, 11) is 0. The molecule has 0 amide bonds. The van der Waals surface area contributed by atoms with Gasteiger partial charge in [-0.25, -0.2) is 4.39 Å². The molecule has 2 aromatic carbocycles. The number of hydrogen-bond donors (Lipinski definition) is 1. The molecule has 4 rings (SSSR count). The molecule has 0 saturated heterocycles. The highest BCUT2D eigenvalue weighted by Crippen LogP contribution is 2.21. The first-order valence-corrected chi connectivity index (χ1v) is 8.10. The van der Waals surface area contributed by atoms with Gasteiger partial charge in [-0.2, -0.15) is 9.50 Å². The summed E-state index contributed by atoms with van der Waals surface area (Å²) in [6, 6.07) is 14.8. The second kappa shape index (κ2) is 6.61. The van der Waals surface area contributed by atoms with E-state index in [1.54, 1.807) is 6.07 Å². The second-order valence-corrected chi connectivity index (χ2v) is 5.94. The summed E-state index contributed by atoms with van der Waals surface area (Å²) in [5, 5.41) is 4.24. The van der Waals surface area contributed by atoms with Gasteiger partial charge in [-0.15, -0.1) is 5.10 Å². The number of H-pyrrole nitrogens is 1. The van der Waals surface area contributed by atoms with Gasteiger partial charge in [0.25, 0.3) is 5.56 Å². The van der Waals surface area contributed by atoms with Crippen molar-refractivity contribution in [3.05, 3.63) is 81.5 Å². The van der Waals surface area contributed by atoms with Gasteiger partial charge in [-0.1, -0.05) is 41.9 Å². The van der Waals surface area contributed by atoms with E-state index in [2.05, 4.69) is 15.1 Å². The lowest BCUT2D eigenvalue weighted by molar-refractivity contribution is 0.299. The average molecular weight is 371 g/mol. The van der Waals surface area contributed by atoms with Gasteiger partial charge in [0.1, 0.15) is 18.2 Å². The van der Waals surface area contributed by atoms with E-state index in [1.165, 1.54) is 22.7 Å². The van der Waals surface area contributed by atoms with Crippen LogP contribution in [0.1, 0.15) is 5.69 Å². The van der Waals surface area contributed by atoms with Crippen LogP contribution in [-0.2, 0) is 6.61 Å². The van der Waals surface area contributed by atoms with Crippen LogP contribution in [0.2, 0.25) is 5.02 Å². The molecule has 0 aliphatic heterocycles. The molecule has 0 fully saturated rings. The van der Waals surface area contributed by atoms with Crippen LogP contribution in [0.5, 0.6) is 5.75 Å². The highest BCUT2D eigenvalue weighted by atomic mass is 35.5. The van der Waals surface area contributed by atoms with Crippen molar-refractivity contribution in [2.24, 2.45) is 0 Å². The predicted molar refractivity (Wildman–Crippen MR) is 94.8 cm³/mol. The van der Waals surface area contributed by atoms with Gasteiger partial charge in [-0.3, -0.25) is 4.79 Å². The molecule has 1 N–H and O–H groups in total. The number of fused-ring (bicyclic) bond motifs is 1. The number of nitrogens with one attached hydrogen (secondary N) is 1. The van der Waals surface area contributed by atoms with E-state index in [0.717, 1.165) is 5.56 Å². The number of nitrogens with zero attached hydrogens (tertiary/aromatic N) is 3. The lowest BCUT2D eigenvalue weighted by atomic mass is 10.2. The molecular formula is C18H12ClFN4O2. The normalized spacial score (nSPS) is 11.0. The zero-order valence-corrected chi connectivity index (χ0v) is 14.1. The molecule has 0 atom stereocenters. The van der Waals surface area contributed by atoms with Crippen LogP contribution >= 0.6 is 11.6 Å². The smallest absolute Gasteiger partial charge is 0.276 e. The molecule has 0 radical (unpaired) electrons. The number of rotatable bonds is 4. The Kier molecular flexibility index (Phi) is 4.14. The van der Waals surface area contributed by atoms with Gasteiger partial charge in [-0.05, 0) is 12.1 Å². The zero-order chi connectivity index (χ0) is 18.1. The van der Waals surface area contributed by atoms with Crippen LogP contribution in [-0.4, -0.2) is 19.6 Å². The lowest BCUT2D eigenvalue weighted by Gasteiger charge is -2.06. The maximum absolute atomic E-state index is 13.5. The molecule has 0 unspecified atom stereocenters. The summed E-state index contributed by atoms with van der Waals surface area (Å²) in [5.41, 5.74) is 0.956. The highest BCUT2D eigenvalue weighted by molar-refractivity contribution is 6.30. The summed E-state index contributed by atoms with van der Waals surface area (Å²) >= 11 is 5.64. The molecule has 0 aliphatic rings. The van der Waals surface area contributed by atoms with E-state index in [9.17, 15) is 9.18 Å². The number of hydrogen-bond acceptors (Lipinski definition) is 4. The number of aromatic amines is 1. The Morgan fingerprint density at radius 3 is 2.73 bits per heavy atom. The van der Waals surface area contributed by atoms with Crippen molar-refractivity contribution in [3.63, 3.8) is 0 Å². The molecule has 0 aliphatic carbocycles. The maximum atomic E-state index is 13.5. The Balaban J connectivity index is 1.62. The quantitative estimate of drug-likeness (QED) is 0.597. The molecule has 6 nitrogen and oxygen atoms in total. The zero-order valence-electron chi connectivity index (χ0n) is 13.3. The molecular weight excluding hydrogens is 359 g/mol. The first-order chi connectivity index (χ1) is 12.6. The van der Waals surface area contributed by atoms with E-state index in [1.807, 2.05) is 30.3 Å². The van der Waals surface area contributed by atoms with Crippen LogP contribution in [0.25, 0.3) is 17.2 Å². The van der Waals surface area contributed by atoms with Crippen molar-refractivity contribution >= 4 is 17.4 Å². The van der Waals surface area contributed by atoms with E-state index in [4.69, 9.17) is 16.3 Å². The van der Waals surface area contributed by atoms with Crippen LogP contribution in [0.15, 0.2) is 59.4 Å². The van der Waals surface area contributed by atoms with Crippen LogP contribution in [0.3, 0.4) is 0 Å². The van der Waals surface area contributed by atoms with Gasteiger partial charge in [0.2, 0.25) is 5.78 Å². The minimum Gasteiger partial charge on any atom is -0.487 e. The van der Waals surface area contributed by atoms with E-state index in [-0.39, 0.29) is 17.2 Å². The largest absolute Gasteiger partial charge is 0.487 e. The van der Waals surface area contributed by atoms with Crippen LogP contribution < -0.4 is 10.3 Å². The van der Waals surface area contributed by atoms with Crippen molar-refractivity contribution in [1.82, 2.24) is 19.6 Å². The van der Waals surface area contributed by atoms with Gasteiger partial charge < -0.3 is 9.72 Å². The number of halogens is 2. The van der Waals surface area contributed by atoms with Crippen molar-refractivity contribution in [1.29, 1.82) is 0 Å². The summed E-state index contributed by atoms with van der Waals surface area (Å²) < 4.78 is 20.1. The minimum atomic E-state index is -0.571. The Morgan fingerprint density at radius 1 is 1.15 bits per heavy atom. The topological polar surface area (TPSA) is 72.3 Å². The fourth-order valence-corrected chi connectivity index (χ4v) is 2.57. The SMILES string of the molecule is O=c1cc(COc2ccc(Cl)c(F)c2)[nH]c2nc(-c3ccccc3)nn12. The van der Waals surface area contributed by atoms with Crippen molar-refractivity contribution in [2.75, 3.05) is 0 Å². The molecule has 4 aromatic rings. The Bertz CT molecular complexity index is 1140. The Hall–Kier alpha value is -3.19. The van der Waals surface area contributed by atoms with Gasteiger partial charge in [0.15, 0.2) is 5.82 Å².